The third kappa shape index (κ3) is 5.44. The molecule has 2 N–H and O–H groups in total. The van der Waals surface area contributed by atoms with Gasteiger partial charge in [-0.25, -0.2) is 4.98 Å². The molecule has 0 saturated carbocycles. The van der Waals surface area contributed by atoms with Crippen molar-refractivity contribution in [3.8, 4) is 0 Å². The van der Waals surface area contributed by atoms with Gasteiger partial charge in [0.25, 0.3) is 0 Å². The summed E-state index contributed by atoms with van der Waals surface area (Å²) in [5.41, 5.74) is 3.73. The van der Waals surface area contributed by atoms with E-state index in [1.165, 1.54) is 16.7 Å². The van der Waals surface area contributed by atoms with Crippen molar-refractivity contribution in [3.63, 3.8) is 0 Å². The van der Waals surface area contributed by atoms with E-state index in [4.69, 9.17) is 4.74 Å². The van der Waals surface area contributed by atoms with Crippen LogP contribution >= 0.6 is 0 Å². The van der Waals surface area contributed by atoms with Crippen molar-refractivity contribution in [3.05, 3.63) is 59.3 Å². The predicted molar refractivity (Wildman–Crippen MR) is 110 cm³/mol. The molecule has 27 heavy (non-hydrogen) atoms. The van der Waals surface area contributed by atoms with E-state index in [9.17, 15) is 0 Å². The van der Waals surface area contributed by atoms with Gasteiger partial charge in [-0.05, 0) is 42.7 Å². The average molecular weight is 367 g/mol. The Kier molecular flexibility index (Phi) is 6.65. The first-order valence-corrected chi connectivity index (χ1v) is 9.46. The topological polar surface area (TPSA) is 61.8 Å². The molecule has 144 valence electrons. The van der Waals surface area contributed by atoms with Crippen molar-refractivity contribution in [1.29, 1.82) is 0 Å². The molecular formula is C21H29N5O. The van der Waals surface area contributed by atoms with Crippen molar-refractivity contribution in [2.24, 2.45) is 4.99 Å². The minimum Gasteiger partial charge on any atom is -0.375 e. The third-order valence-electron chi connectivity index (χ3n) is 4.77. The highest BCUT2D eigenvalue weighted by Crippen LogP contribution is 2.16. The highest BCUT2D eigenvalue weighted by Gasteiger charge is 2.18. The fourth-order valence-electron chi connectivity index (χ4n) is 3.16. The van der Waals surface area contributed by atoms with Gasteiger partial charge in [0.05, 0.1) is 12.7 Å². The molecular weight excluding hydrogens is 338 g/mol. The number of benzene rings is 1. The van der Waals surface area contributed by atoms with Gasteiger partial charge >= 0.3 is 0 Å². The maximum atomic E-state index is 5.62. The molecule has 1 aromatic heterocycles. The maximum Gasteiger partial charge on any atom is 0.191 e. The molecule has 1 aromatic carbocycles. The van der Waals surface area contributed by atoms with Crippen molar-refractivity contribution >= 4 is 11.8 Å². The maximum absolute atomic E-state index is 5.62. The van der Waals surface area contributed by atoms with Crippen LogP contribution in [0.3, 0.4) is 0 Å². The summed E-state index contributed by atoms with van der Waals surface area (Å²) in [5.74, 6) is 1.80. The molecule has 1 fully saturated rings. The molecule has 0 bridgehead atoms. The first kappa shape index (κ1) is 19.2. The van der Waals surface area contributed by atoms with Crippen molar-refractivity contribution in [1.82, 2.24) is 15.6 Å². The van der Waals surface area contributed by atoms with Crippen LogP contribution in [0.2, 0.25) is 0 Å². The fraction of sp³-hybridized carbons (Fsp3) is 0.429. The van der Waals surface area contributed by atoms with Crippen LogP contribution in [0, 0.1) is 6.92 Å². The number of aliphatic imine (C=N–C) groups is 1. The molecule has 2 aromatic rings. The lowest BCUT2D eigenvalue weighted by Gasteiger charge is -2.32. The Morgan fingerprint density at radius 3 is 2.85 bits per heavy atom. The lowest BCUT2D eigenvalue weighted by molar-refractivity contribution is 0.0529. The molecule has 1 atom stereocenters. The Bertz CT molecular complexity index is 777. The Morgan fingerprint density at radius 1 is 1.26 bits per heavy atom. The van der Waals surface area contributed by atoms with Crippen molar-refractivity contribution in [2.45, 2.75) is 33.0 Å². The number of pyridine rings is 1. The molecule has 6 heteroatoms. The van der Waals surface area contributed by atoms with Crippen LogP contribution in [0.15, 0.2) is 47.6 Å². The first-order chi connectivity index (χ1) is 13.2. The lowest BCUT2D eigenvalue weighted by Crippen LogP contribution is -2.41. The Morgan fingerprint density at radius 2 is 2.07 bits per heavy atom. The normalized spacial score (nSPS) is 17.7. The summed E-state index contributed by atoms with van der Waals surface area (Å²) in [7, 11) is 1.79. The standard InChI is InChI=1S/C21H29N5O/c1-16-6-4-5-7-19(16)14-25-21(22-3)24-13-18-8-9-23-20(12-18)26-10-11-27-17(2)15-26/h4-9,12,17H,10-11,13-15H2,1-3H3,(H2,22,24,25). The van der Waals surface area contributed by atoms with E-state index in [1.807, 2.05) is 12.3 Å². The van der Waals surface area contributed by atoms with Crippen LogP contribution < -0.4 is 15.5 Å². The number of guanidine groups is 1. The van der Waals surface area contributed by atoms with Gasteiger partial charge in [-0.3, -0.25) is 4.99 Å². The summed E-state index contributed by atoms with van der Waals surface area (Å²) in [6.45, 7) is 8.18. The lowest BCUT2D eigenvalue weighted by atomic mass is 10.1. The van der Waals surface area contributed by atoms with Crippen LogP contribution in [0.5, 0.6) is 0 Å². The second-order valence-electron chi connectivity index (χ2n) is 6.86. The number of ether oxygens (including phenoxy) is 1. The second-order valence-corrected chi connectivity index (χ2v) is 6.86. The number of aromatic nitrogens is 1. The summed E-state index contributed by atoms with van der Waals surface area (Å²) >= 11 is 0. The zero-order valence-corrected chi connectivity index (χ0v) is 16.4. The zero-order valence-electron chi connectivity index (χ0n) is 16.4. The van der Waals surface area contributed by atoms with Crippen LogP contribution in [0.1, 0.15) is 23.6 Å². The van der Waals surface area contributed by atoms with Gasteiger partial charge in [0.2, 0.25) is 0 Å². The summed E-state index contributed by atoms with van der Waals surface area (Å²) in [6, 6.07) is 12.5. The van der Waals surface area contributed by atoms with Gasteiger partial charge in [0, 0.05) is 39.4 Å². The van der Waals surface area contributed by atoms with Crippen LogP contribution in [-0.2, 0) is 17.8 Å². The molecule has 1 unspecified atom stereocenters. The number of aryl methyl sites for hydroxylation is 1. The van der Waals surface area contributed by atoms with E-state index in [0.717, 1.165) is 38.0 Å². The first-order valence-electron chi connectivity index (χ1n) is 9.46. The van der Waals surface area contributed by atoms with Crippen molar-refractivity contribution < 1.29 is 4.74 Å². The monoisotopic (exact) mass is 367 g/mol. The SMILES string of the molecule is CN=C(NCc1ccnc(N2CCOC(C)C2)c1)NCc1ccccc1C. The van der Waals surface area contributed by atoms with Crippen molar-refractivity contribution in [2.75, 3.05) is 31.6 Å². The average Bonchev–Trinajstić information content (AvgIpc) is 2.69. The smallest absolute Gasteiger partial charge is 0.191 e. The summed E-state index contributed by atoms with van der Waals surface area (Å²) < 4.78 is 5.62. The predicted octanol–water partition coefficient (Wildman–Crippen LogP) is 2.48. The number of hydrogen-bond acceptors (Lipinski definition) is 4. The molecule has 0 amide bonds. The summed E-state index contributed by atoms with van der Waals surface area (Å²) in [5, 5.41) is 6.76. The molecule has 0 spiro atoms. The minimum atomic E-state index is 0.242. The molecule has 3 rings (SSSR count). The van der Waals surface area contributed by atoms with Gasteiger partial charge in [-0.15, -0.1) is 0 Å². The number of nitrogens with zero attached hydrogens (tertiary/aromatic N) is 3. The third-order valence-corrected chi connectivity index (χ3v) is 4.77. The molecule has 1 aliphatic rings. The summed E-state index contributed by atoms with van der Waals surface area (Å²) in [6.07, 6.45) is 2.11. The Balaban J connectivity index is 1.55. The van der Waals surface area contributed by atoms with Gasteiger partial charge in [-0.2, -0.15) is 0 Å². The molecule has 1 saturated heterocycles. The number of anilines is 1. The van der Waals surface area contributed by atoms with Crippen LogP contribution in [0.25, 0.3) is 0 Å². The molecule has 0 aliphatic carbocycles. The number of hydrogen-bond donors (Lipinski definition) is 2. The van der Waals surface area contributed by atoms with Gasteiger partial charge in [-0.1, -0.05) is 24.3 Å². The van der Waals surface area contributed by atoms with Crippen LogP contribution in [-0.4, -0.2) is 43.8 Å². The molecule has 0 radical (unpaired) electrons. The highest BCUT2D eigenvalue weighted by atomic mass is 16.5. The van der Waals surface area contributed by atoms with E-state index in [1.54, 1.807) is 7.05 Å². The highest BCUT2D eigenvalue weighted by molar-refractivity contribution is 5.79. The second kappa shape index (κ2) is 9.37. The molecule has 6 nitrogen and oxygen atoms in total. The minimum absolute atomic E-state index is 0.242. The van der Waals surface area contributed by atoms with E-state index in [2.05, 4.69) is 69.7 Å². The van der Waals surface area contributed by atoms with E-state index >= 15 is 0 Å². The zero-order chi connectivity index (χ0) is 19.1. The number of morpholine rings is 1. The van der Waals surface area contributed by atoms with Gasteiger partial charge < -0.3 is 20.3 Å². The summed E-state index contributed by atoms with van der Waals surface area (Å²) in [4.78, 5) is 11.1. The Labute approximate surface area is 161 Å². The molecule has 2 heterocycles. The quantitative estimate of drug-likeness (QED) is 0.628. The van der Waals surface area contributed by atoms with E-state index in [-0.39, 0.29) is 6.10 Å². The largest absolute Gasteiger partial charge is 0.375 e. The van der Waals surface area contributed by atoms with E-state index < -0.39 is 0 Å². The Hall–Kier alpha value is -2.60. The van der Waals surface area contributed by atoms with Gasteiger partial charge in [0.15, 0.2) is 5.96 Å². The molecule has 1 aliphatic heterocycles. The van der Waals surface area contributed by atoms with Crippen LogP contribution in [0.4, 0.5) is 5.82 Å². The number of nitrogens with one attached hydrogen (secondary N) is 2. The van der Waals surface area contributed by atoms with E-state index in [0.29, 0.717) is 6.54 Å². The van der Waals surface area contributed by atoms with Gasteiger partial charge in [0.1, 0.15) is 5.82 Å². The number of rotatable bonds is 5. The fourth-order valence-corrected chi connectivity index (χ4v) is 3.16.